The largest absolute Gasteiger partial charge is 0.387 e. The van der Waals surface area contributed by atoms with Crippen molar-refractivity contribution in [2.45, 2.75) is 94.9 Å². The molecule has 2 atom stereocenters. The van der Waals surface area contributed by atoms with Crippen molar-refractivity contribution in [1.29, 1.82) is 0 Å². The number of rotatable bonds is 6. The molecule has 196 valence electrons. The van der Waals surface area contributed by atoms with Gasteiger partial charge in [-0.1, -0.05) is 63.6 Å². The molecule has 2 aliphatic carbocycles. The van der Waals surface area contributed by atoms with Crippen LogP contribution in [0, 0.1) is 17.3 Å². The van der Waals surface area contributed by atoms with E-state index in [2.05, 4.69) is 16.9 Å². The molecule has 1 unspecified atom stereocenters. The number of piperidine rings is 1. The van der Waals surface area contributed by atoms with Crippen molar-refractivity contribution in [1.82, 2.24) is 19.4 Å². The Balaban J connectivity index is 1.34. The Bertz CT molecular complexity index is 1160. The lowest BCUT2D eigenvalue weighted by atomic mass is 9.65. The first-order valence-corrected chi connectivity index (χ1v) is 15.0. The van der Waals surface area contributed by atoms with Gasteiger partial charge < -0.3 is 14.6 Å². The van der Waals surface area contributed by atoms with E-state index in [4.69, 9.17) is 0 Å². The molecular formula is C28H40N4O3S. The van der Waals surface area contributed by atoms with Gasteiger partial charge in [-0.2, -0.15) is 0 Å². The molecule has 0 radical (unpaired) electrons. The molecule has 3 aliphatic rings. The van der Waals surface area contributed by atoms with Gasteiger partial charge in [0.2, 0.25) is 5.91 Å². The SMILES string of the molecule is CSc1ncc2c(=O)n(CC3(O)CCN(C(=O)[C@H](C)CC4CCCCC4)CC34CCCC4)ccc2n1. The van der Waals surface area contributed by atoms with Crippen LogP contribution in [0.2, 0.25) is 0 Å². The van der Waals surface area contributed by atoms with E-state index < -0.39 is 5.60 Å². The Labute approximate surface area is 218 Å². The second kappa shape index (κ2) is 10.4. The number of hydrogen-bond donors (Lipinski definition) is 1. The monoisotopic (exact) mass is 512 g/mol. The fourth-order valence-electron chi connectivity index (χ4n) is 7.18. The van der Waals surface area contributed by atoms with Gasteiger partial charge in [0.25, 0.3) is 5.56 Å². The Hall–Kier alpha value is -1.93. The summed E-state index contributed by atoms with van der Waals surface area (Å²) in [6.07, 6.45) is 17.1. The second-order valence-corrected chi connectivity index (χ2v) is 12.3. The maximum absolute atomic E-state index is 13.5. The van der Waals surface area contributed by atoms with E-state index in [0.717, 1.165) is 32.1 Å². The lowest BCUT2D eigenvalue weighted by molar-refractivity contribution is -0.163. The minimum atomic E-state index is -1.02. The third-order valence-electron chi connectivity index (χ3n) is 9.30. The van der Waals surface area contributed by atoms with Gasteiger partial charge in [-0.3, -0.25) is 9.59 Å². The smallest absolute Gasteiger partial charge is 0.261 e. The predicted octanol–water partition coefficient (Wildman–Crippen LogP) is 4.64. The number of aromatic nitrogens is 3. The van der Waals surface area contributed by atoms with Crippen molar-refractivity contribution < 1.29 is 9.90 Å². The average molecular weight is 513 g/mol. The highest BCUT2D eigenvalue weighted by Crippen LogP contribution is 2.51. The van der Waals surface area contributed by atoms with E-state index in [1.165, 1.54) is 43.9 Å². The molecule has 5 rings (SSSR count). The number of thioether (sulfide) groups is 1. The van der Waals surface area contributed by atoms with Crippen molar-refractivity contribution in [3.05, 3.63) is 28.8 Å². The number of nitrogens with zero attached hydrogens (tertiary/aromatic N) is 4. The minimum absolute atomic E-state index is 0.0343. The van der Waals surface area contributed by atoms with Crippen molar-refractivity contribution in [2.75, 3.05) is 19.3 Å². The number of amides is 1. The topological polar surface area (TPSA) is 88.3 Å². The molecule has 0 bridgehead atoms. The highest BCUT2D eigenvalue weighted by Gasteiger charge is 2.55. The van der Waals surface area contributed by atoms with Crippen LogP contribution in [0.5, 0.6) is 0 Å². The third-order valence-corrected chi connectivity index (χ3v) is 9.86. The van der Waals surface area contributed by atoms with Crippen LogP contribution >= 0.6 is 11.8 Å². The Kier molecular flexibility index (Phi) is 7.46. The molecule has 1 amide bonds. The Morgan fingerprint density at radius 1 is 1.19 bits per heavy atom. The van der Waals surface area contributed by atoms with Crippen LogP contribution in [0.25, 0.3) is 10.9 Å². The molecule has 2 aromatic rings. The van der Waals surface area contributed by atoms with Crippen molar-refractivity contribution >= 4 is 28.6 Å². The van der Waals surface area contributed by atoms with Crippen LogP contribution in [-0.4, -0.2) is 55.4 Å². The summed E-state index contributed by atoms with van der Waals surface area (Å²) in [5.74, 6) is 0.959. The van der Waals surface area contributed by atoms with E-state index in [9.17, 15) is 14.7 Å². The van der Waals surface area contributed by atoms with E-state index in [-0.39, 0.29) is 29.3 Å². The van der Waals surface area contributed by atoms with Gasteiger partial charge >= 0.3 is 0 Å². The Morgan fingerprint density at radius 3 is 2.67 bits per heavy atom. The van der Waals surface area contributed by atoms with Crippen LogP contribution in [-0.2, 0) is 11.3 Å². The summed E-state index contributed by atoms with van der Waals surface area (Å²) in [6.45, 7) is 3.48. The standard InChI is InChI=1S/C28H40N4O3S/c1-20(16-21-8-4-3-5-9-21)24(33)32-15-13-28(35,27(18-32)11-6-7-12-27)19-31-14-10-23-22(25(31)34)17-29-26(30-23)36-2/h10,14,17,20-21,35H,3-9,11-13,15-16,18-19H2,1-2H3/t20-,28?/m1/s1. The zero-order valence-corrected chi connectivity index (χ0v) is 22.6. The van der Waals surface area contributed by atoms with Crippen molar-refractivity contribution in [3.8, 4) is 0 Å². The number of carbonyl (C=O) groups is 1. The molecule has 36 heavy (non-hydrogen) atoms. The first-order chi connectivity index (χ1) is 17.3. The van der Waals surface area contributed by atoms with Crippen molar-refractivity contribution in [3.63, 3.8) is 0 Å². The van der Waals surface area contributed by atoms with Crippen LogP contribution in [0.1, 0.15) is 77.6 Å². The molecule has 1 spiro atoms. The minimum Gasteiger partial charge on any atom is -0.387 e. The van der Waals surface area contributed by atoms with Crippen LogP contribution in [0.15, 0.2) is 28.4 Å². The molecule has 2 saturated carbocycles. The summed E-state index contributed by atoms with van der Waals surface area (Å²) in [5, 5.41) is 13.2. The van der Waals surface area contributed by atoms with Crippen LogP contribution in [0.3, 0.4) is 0 Å². The van der Waals surface area contributed by atoms with Gasteiger partial charge in [-0.05, 0) is 43.9 Å². The summed E-state index contributed by atoms with van der Waals surface area (Å²) in [7, 11) is 0. The quantitative estimate of drug-likeness (QED) is 0.448. The first kappa shape index (κ1) is 25.7. The van der Waals surface area contributed by atoms with Gasteiger partial charge in [-0.25, -0.2) is 9.97 Å². The van der Waals surface area contributed by atoms with Crippen molar-refractivity contribution in [2.24, 2.45) is 17.3 Å². The Morgan fingerprint density at radius 2 is 1.94 bits per heavy atom. The summed E-state index contributed by atoms with van der Waals surface area (Å²) in [4.78, 5) is 37.6. The summed E-state index contributed by atoms with van der Waals surface area (Å²) in [5.41, 5.74) is -0.921. The zero-order chi connectivity index (χ0) is 25.3. The normalized spacial score (nSPS) is 25.5. The first-order valence-electron chi connectivity index (χ1n) is 13.8. The summed E-state index contributed by atoms with van der Waals surface area (Å²) < 4.78 is 1.63. The van der Waals surface area contributed by atoms with Gasteiger partial charge in [0.1, 0.15) is 0 Å². The van der Waals surface area contributed by atoms with Crippen LogP contribution in [0.4, 0.5) is 0 Å². The van der Waals surface area contributed by atoms with E-state index in [1.54, 1.807) is 17.0 Å². The van der Waals surface area contributed by atoms with Crippen LogP contribution < -0.4 is 5.56 Å². The second-order valence-electron chi connectivity index (χ2n) is 11.6. The number of hydrogen-bond acceptors (Lipinski definition) is 6. The van der Waals surface area contributed by atoms with E-state index in [1.807, 2.05) is 17.2 Å². The van der Waals surface area contributed by atoms with Gasteiger partial charge in [-0.15, -0.1) is 0 Å². The average Bonchev–Trinajstić information content (AvgIpc) is 3.37. The number of likely N-dealkylation sites (tertiary alicyclic amines) is 1. The third kappa shape index (κ3) is 4.83. The fourth-order valence-corrected chi connectivity index (χ4v) is 7.53. The molecule has 7 nitrogen and oxygen atoms in total. The lowest BCUT2D eigenvalue weighted by Gasteiger charge is -2.52. The fraction of sp³-hybridized carbons (Fsp3) is 0.714. The highest BCUT2D eigenvalue weighted by molar-refractivity contribution is 7.98. The highest BCUT2D eigenvalue weighted by atomic mass is 32.2. The van der Waals surface area contributed by atoms with E-state index in [0.29, 0.717) is 41.5 Å². The zero-order valence-electron chi connectivity index (χ0n) is 21.7. The van der Waals surface area contributed by atoms with Gasteiger partial charge in [0, 0.05) is 36.8 Å². The molecule has 2 aromatic heterocycles. The molecule has 1 saturated heterocycles. The van der Waals surface area contributed by atoms with Gasteiger partial charge in [0.15, 0.2) is 5.16 Å². The molecule has 1 N–H and O–H groups in total. The summed E-state index contributed by atoms with van der Waals surface area (Å²) >= 11 is 1.44. The number of fused-ring (bicyclic) bond motifs is 1. The molecular weight excluding hydrogens is 472 g/mol. The molecule has 3 fully saturated rings. The number of aliphatic hydroxyl groups is 1. The summed E-state index contributed by atoms with van der Waals surface area (Å²) in [6, 6.07) is 1.84. The maximum atomic E-state index is 13.5. The molecule has 3 heterocycles. The maximum Gasteiger partial charge on any atom is 0.261 e. The number of carbonyl (C=O) groups excluding carboxylic acids is 1. The van der Waals surface area contributed by atoms with Gasteiger partial charge in [0.05, 0.1) is 23.0 Å². The number of pyridine rings is 1. The predicted molar refractivity (Wildman–Crippen MR) is 143 cm³/mol. The molecule has 0 aromatic carbocycles. The molecule has 1 aliphatic heterocycles. The van der Waals surface area contributed by atoms with E-state index >= 15 is 0 Å². The molecule has 8 heteroatoms. The lowest BCUT2D eigenvalue weighted by Crippen LogP contribution is -2.62.